The lowest BCUT2D eigenvalue weighted by Crippen LogP contribution is -2.33. The van der Waals surface area contributed by atoms with E-state index in [9.17, 15) is 9.90 Å². The zero-order valence-electron chi connectivity index (χ0n) is 10.2. The monoisotopic (exact) mass is 232 g/mol. The smallest absolute Gasteiger partial charge is 0.255 e. The number of phenols is 1. The Morgan fingerprint density at radius 1 is 1.53 bits per heavy atom. The van der Waals surface area contributed by atoms with E-state index in [0.717, 1.165) is 5.56 Å². The molecule has 0 radical (unpaired) electrons. The molecule has 0 spiro atoms. The summed E-state index contributed by atoms with van der Waals surface area (Å²) in [7, 11) is 0. The maximum Gasteiger partial charge on any atom is 0.255 e. The largest absolute Gasteiger partial charge is 0.507 e. The van der Waals surface area contributed by atoms with Crippen LogP contribution in [0, 0.1) is 23.7 Å². The molecular formula is C13H16N2O2. The number of aromatic hydroxyl groups is 1. The lowest BCUT2D eigenvalue weighted by atomic mass is 9.96. The SMILES string of the molecule is Cc1ccc(O)c(C(=O)NCC(C)(C)C#N)c1. The van der Waals surface area contributed by atoms with E-state index in [4.69, 9.17) is 5.26 Å². The van der Waals surface area contributed by atoms with Crippen molar-refractivity contribution in [2.24, 2.45) is 5.41 Å². The molecule has 1 aromatic carbocycles. The molecule has 0 atom stereocenters. The van der Waals surface area contributed by atoms with Crippen LogP contribution in [-0.4, -0.2) is 17.6 Å². The van der Waals surface area contributed by atoms with Crippen LogP contribution < -0.4 is 5.32 Å². The zero-order valence-corrected chi connectivity index (χ0v) is 10.2. The third kappa shape index (κ3) is 3.49. The summed E-state index contributed by atoms with van der Waals surface area (Å²) in [5.41, 5.74) is 0.515. The van der Waals surface area contributed by atoms with Gasteiger partial charge in [0.05, 0.1) is 17.0 Å². The predicted octanol–water partition coefficient (Wildman–Crippen LogP) is 1.98. The molecule has 0 saturated carbocycles. The average molecular weight is 232 g/mol. The normalized spacial score (nSPS) is 10.7. The molecular weight excluding hydrogens is 216 g/mol. The fourth-order valence-corrected chi connectivity index (χ4v) is 1.27. The van der Waals surface area contributed by atoms with Crippen LogP contribution in [0.4, 0.5) is 0 Å². The Morgan fingerprint density at radius 3 is 2.76 bits per heavy atom. The van der Waals surface area contributed by atoms with Gasteiger partial charge in [0, 0.05) is 6.54 Å². The summed E-state index contributed by atoms with van der Waals surface area (Å²) in [5, 5.41) is 21.0. The quantitative estimate of drug-likeness (QED) is 0.836. The number of rotatable bonds is 3. The summed E-state index contributed by atoms with van der Waals surface area (Å²) in [5.74, 6) is -0.419. The van der Waals surface area contributed by atoms with Gasteiger partial charge in [0.1, 0.15) is 5.75 Å². The van der Waals surface area contributed by atoms with Crippen LogP contribution in [0.15, 0.2) is 18.2 Å². The van der Waals surface area contributed by atoms with Crippen molar-refractivity contribution in [1.29, 1.82) is 5.26 Å². The number of hydrogen-bond donors (Lipinski definition) is 2. The number of phenolic OH excluding ortho intramolecular Hbond substituents is 1. The number of nitrogens with one attached hydrogen (secondary N) is 1. The highest BCUT2D eigenvalue weighted by Crippen LogP contribution is 2.18. The van der Waals surface area contributed by atoms with Crippen molar-refractivity contribution in [2.45, 2.75) is 20.8 Å². The minimum Gasteiger partial charge on any atom is -0.507 e. The van der Waals surface area contributed by atoms with Crippen molar-refractivity contribution < 1.29 is 9.90 Å². The van der Waals surface area contributed by atoms with Gasteiger partial charge >= 0.3 is 0 Å². The van der Waals surface area contributed by atoms with Gasteiger partial charge in [0.25, 0.3) is 5.91 Å². The molecule has 0 saturated heterocycles. The standard InChI is InChI=1S/C13H16N2O2/c1-9-4-5-11(16)10(6-9)12(17)15-8-13(2,3)7-14/h4-6,16H,8H2,1-3H3,(H,15,17). The Morgan fingerprint density at radius 2 is 2.18 bits per heavy atom. The van der Waals surface area contributed by atoms with Crippen LogP contribution in [0.1, 0.15) is 29.8 Å². The number of carbonyl (C=O) groups excluding carboxylic acids is 1. The Kier molecular flexibility index (Phi) is 3.74. The minimum absolute atomic E-state index is 0.0529. The van der Waals surface area contributed by atoms with Gasteiger partial charge in [-0.05, 0) is 32.9 Å². The molecule has 4 nitrogen and oxygen atoms in total. The number of aryl methyl sites for hydroxylation is 1. The second-order valence-corrected chi connectivity index (χ2v) is 4.70. The predicted molar refractivity (Wildman–Crippen MR) is 64.6 cm³/mol. The van der Waals surface area contributed by atoms with Crippen molar-refractivity contribution in [3.8, 4) is 11.8 Å². The third-order valence-corrected chi connectivity index (χ3v) is 2.39. The van der Waals surface area contributed by atoms with Gasteiger partial charge in [0.2, 0.25) is 0 Å². The second-order valence-electron chi connectivity index (χ2n) is 4.70. The molecule has 0 bridgehead atoms. The Bertz CT molecular complexity index is 473. The van der Waals surface area contributed by atoms with Gasteiger partial charge in [-0.2, -0.15) is 5.26 Å². The fraction of sp³-hybridized carbons (Fsp3) is 0.385. The fourth-order valence-electron chi connectivity index (χ4n) is 1.27. The first-order valence-electron chi connectivity index (χ1n) is 5.35. The van der Waals surface area contributed by atoms with Crippen molar-refractivity contribution in [3.05, 3.63) is 29.3 Å². The van der Waals surface area contributed by atoms with E-state index in [1.165, 1.54) is 6.07 Å². The number of benzene rings is 1. The summed E-state index contributed by atoms with van der Waals surface area (Å²) in [6.45, 7) is 5.57. The number of amides is 1. The van der Waals surface area contributed by atoms with Crippen LogP contribution in [0.25, 0.3) is 0 Å². The van der Waals surface area contributed by atoms with Gasteiger partial charge in [-0.1, -0.05) is 11.6 Å². The molecule has 0 aliphatic heterocycles. The molecule has 1 amide bonds. The Hall–Kier alpha value is -2.02. The molecule has 0 fully saturated rings. The third-order valence-electron chi connectivity index (χ3n) is 2.39. The second kappa shape index (κ2) is 4.88. The van der Waals surface area contributed by atoms with Gasteiger partial charge < -0.3 is 10.4 Å². The lowest BCUT2D eigenvalue weighted by Gasteiger charge is -2.16. The van der Waals surface area contributed by atoms with E-state index in [1.807, 2.05) is 6.92 Å². The van der Waals surface area contributed by atoms with Crippen LogP contribution in [0.2, 0.25) is 0 Å². The molecule has 2 N–H and O–H groups in total. The van der Waals surface area contributed by atoms with Crippen molar-refractivity contribution >= 4 is 5.91 Å². The number of carbonyl (C=O) groups is 1. The van der Waals surface area contributed by atoms with Crippen molar-refractivity contribution in [2.75, 3.05) is 6.54 Å². The molecule has 0 unspecified atom stereocenters. The molecule has 1 rings (SSSR count). The van der Waals surface area contributed by atoms with E-state index < -0.39 is 5.41 Å². The van der Waals surface area contributed by atoms with Gasteiger partial charge in [0.15, 0.2) is 0 Å². The van der Waals surface area contributed by atoms with Crippen molar-refractivity contribution in [3.63, 3.8) is 0 Å². The number of nitrogens with zero attached hydrogens (tertiary/aromatic N) is 1. The van der Waals surface area contributed by atoms with Gasteiger partial charge in [-0.15, -0.1) is 0 Å². The van der Waals surface area contributed by atoms with E-state index in [0.29, 0.717) is 0 Å². The molecule has 0 aromatic heterocycles. The highest BCUT2D eigenvalue weighted by atomic mass is 16.3. The lowest BCUT2D eigenvalue weighted by molar-refractivity contribution is 0.0941. The zero-order chi connectivity index (χ0) is 13.1. The highest BCUT2D eigenvalue weighted by molar-refractivity contribution is 5.97. The molecule has 1 aromatic rings. The first-order chi connectivity index (χ1) is 7.85. The maximum atomic E-state index is 11.8. The van der Waals surface area contributed by atoms with Crippen molar-refractivity contribution in [1.82, 2.24) is 5.32 Å². The minimum atomic E-state index is -0.616. The Labute approximate surface area is 101 Å². The highest BCUT2D eigenvalue weighted by Gasteiger charge is 2.19. The summed E-state index contributed by atoms with van der Waals surface area (Å²) >= 11 is 0. The maximum absolute atomic E-state index is 11.8. The molecule has 17 heavy (non-hydrogen) atoms. The summed E-state index contributed by atoms with van der Waals surface area (Å²) < 4.78 is 0. The first kappa shape index (κ1) is 13.0. The molecule has 90 valence electrons. The molecule has 0 aliphatic carbocycles. The van der Waals surface area contributed by atoms with Gasteiger partial charge in [-0.3, -0.25) is 4.79 Å². The van der Waals surface area contributed by atoms with E-state index in [2.05, 4.69) is 11.4 Å². The average Bonchev–Trinajstić information content (AvgIpc) is 2.29. The number of nitriles is 1. The van der Waals surface area contributed by atoms with Gasteiger partial charge in [-0.25, -0.2) is 0 Å². The van der Waals surface area contributed by atoms with Crippen LogP contribution in [0.3, 0.4) is 0 Å². The van der Waals surface area contributed by atoms with Crippen LogP contribution in [0.5, 0.6) is 5.75 Å². The topological polar surface area (TPSA) is 73.1 Å². The molecule has 0 aliphatic rings. The van der Waals surface area contributed by atoms with Crippen LogP contribution in [-0.2, 0) is 0 Å². The van der Waals surface area contributed by atoms with Crippen LogP contribution >= 0.6 is 0 Å². The molecule has 4 heteroatoms. The summed E-state index contributed by atoms with van der Waals surface area (Å²) in [6.07, 6.45) is 0. The molecule has 0 heterocycles. The first-order valence-corrected chi connectivity index (χ1v) is 5.35. The van der Waals surface area contributed by atoms with E-state index in [-0.39, 0.29) is 23.8 Å². The number of hydrogen-bond acceptors (Lipinski definition) is 3. The summed E-state index contributed by atoms with van der Waals surface area (Å²) in [4.78, 5) is 11.8. The van der Waals surface area contributed by atoms with E-state index >= 15 is 0 Å². The Balaban J connectivity index is 2.78. The van der Waals surface area contributed by atoms with E-state index in [1.54, 1.807) is 26.0 Å². The summed E-state index contributed by atoms with van der Waals surface area (Å²) in [6, 6.07) is 6.93.